The molecule has 0 saturated carbocycles. The van der Waals surface area contributed by atoms with E-state index in [1.165, 1.54) is 0 Å². The lowest BCUT2D eigenvalue weighted by Gasteiger charge is -2.03. The van der Waals surface area contributed by atoms with Crippen LogP contribution in [-0.2, 0) is 4.74 Å². The van der Waals surface area contributed by atoms with Crippen molar-refractivity contribution < 1.29 is 4.74 Å². The van der Waals surface area contributed by atoms with Gasteiger partial charge in [-0.3, -0.25) is 4.99 Å². The van der Waals surface area contributed by atoms with Gasteiger partial charge in [-0.15, -0.1) is 0 Å². The molecule has 0 rings (SSSR count). The molecule has 0 unspecified atom stereocenters. The zero-order valence-corrected chi connectivity index (χ0v) is 7.00. The summed E-state index contributed by atoms with van der Waals surface area (Å²) in [5.41, 5.74) is 0.699. The van der Waals surface area contributed by atoms with Crippen LogP contribution in [0.1, 0.15) is 6.92 Å². The van der Waals surface area contributed by atoms with Crippen LogP contribution >= 0.6 is 0 Å². The standard InChI is InChI=1S/C9H13NO/c1-5-7-8(10-3)9(6-2)11-4/h5-7H,1,3H2,2,4H3/b8-7+,9-6+. The normalized spacial score (nSPS) is 12.5. The Kier molecular flexibility index (Phi) is 4.82. The Morgan fingerprint density at radius 1 is 1.55 bits per heavy atom. The number of methoxy groups -OCH3 is 1. The number of allylic oxidation sites excluding steroid dienone is 3. The maximum atomic E-state index is 5.02. The summed E-state index contributed by atoms with van der Waals surface area (Å²) >= 11 is 0. The predicted molar refractivity (Wildman–Crippen MR) is 48.6 cm³/mol. The lowest BCUT2D eigenvalue weighted by molar-refractivity contribution is 0.299. The van der Waals surface area contributed by atoms with Gasteiger partial charge >= 0.3 is 0 Å². The van der Waals surface area contributed by atoms with E-state index in [4.69, 9.17) is 4.74 Å². The molecule has 2 nitrogen and oxygen atoms in total. The zero-order valence-electron chi connectivity index (χ0n) is 7.00. The van der Waals surface area contributed by atoms with Crippen molar-refractivity contribution in [3.63, 3.8) is 0 Å². The molecule has 60 valence electrons. The molecule has 0 N–H and O–H groups in total. The lowest BCUT2D eigenvalue weighted by Crippen LogP contribution is -1.88. The van der Waals surface area contributed by atoms with Gasteiger partial charge in [0.05, 0.1) is 7.11 Å². The molecule has 0 bridgehead atoms. The Morgan fingerprint density at radius 3 is 2.45 bits per heavy atom. The summed E-state index contributed by atoms with van der Waals surface area (Å²) in [5, 5.41) is 0. The quantitative estimate of drug-likeness (QED) is 0.343. The smallest absolute Gasteiger partial charge is 0.140 e. The van der Waals surface area contributed by atoms with Crippen LogP contribution in [0.4, 0.5) is 0 Å². The Balaban J connectivity index is 4.61. The number of rotatable bonds is 4. The van der Waals surface area contributed by atoms with E-state index < -0.39 is 0 Å². The predicted octanol–water partition coefficient (Wildman–Crippen LogP) is 2.31. The third-order valence-corrected chi connectivity index (χ3v) is 1.18. The van der Waals surface area contributed by atoms with Gasteiger partial charge in [0, 0.05) is 0 Å². The molecule has 0 aromatic carbocycles. The second-order valence-electron chi connectivity index (χ2n) is 1.80. The minimum absolute atomic E-state index is 0.699. The number of hydrogen-bond acceptors (Lipinski definition) is 2. The van der Waals surface area contributed by atoms with Gasteiger partial charge in [0.25, 0.3) is 0 Å². The third kappa shape index (κ3) is 2.85. The minimum Gasteiger partial charge on any atom is -0.495 e. The summed E-state index contributed by atoms with van der Waals surface area (Å²) in [5.74, 6) is 0.708. The molecule has 0 saturated heterocycles. The van der Waals surface area contributed by atoms with Crippen LogP contribution in [-0.4, -0.2) is 13.8 Å². The maximum absolute atomic E-state index is 5.02. The van der Waals surface area contributed by atoms with Crippen molar-refractivity contribution in [1.29, 1.82) is 0 Å². The number of hydrogen-bond donors (Lipinski definition) is 0. The number of nitrogens with zero attached hydrogens (tertiary/aromatic N) is 1. The minimum atomic E-state index is 0.699. The van der Waals surface area contributed by atoms with Crippen LogP contribution in [0.15, 0.2) is 41.3 Å². The largest absolute Gasteiger partial charge is 0.495 e. The molecule has 0 aromatic heterocycles. The third-order valence-electron chi connectivity index (χ3n) is 1.18. The van der Waals surface area contributed by atoms with E-state index >= 15 is 0 Å². The van der Waals surface area contributed by atoms with Gasteiger partial charge in [-0.2, -0.15) is 0 Å². The molecule has 2 heteroatoms. The first-order chi connectivity index (χ1) is 5.29. The van der Waals surface area contributed by atoms with Crippen molar-refractivity contribution in [2.24, 2.45) is 4.99 Å². The van der Waals surface area contributed by atoms with Crippen LogP contribution in [0.3, 0.4) is 0 Å². The fourth-order valence-electron chi connectivity index (χ4n) is 0.695. The SMILES string of the molecule is C=C/C=C(N=C)\C(=C/C)OC. The molecule has 0 heterocycles. The van der Waals surface area contributed by atoms with Gasteiger partial charge in [0.2, 0.25) is 0 Å². The van der Waals surface area contributed by atoms with Gasteiger partial charge < -0.3 is 4.74 Å². The van der Waals surface area contributed by atoms with E-state index in [2.05, 4.69) is 18.3 Å². The van der Waals surface area contributed by atoms with E-state index in [-0.39, 0.29) is 0 Å². The molecule has 0 fully saturated rings. The van der Waals surface area contributed by atoms with Crippen LogP contribution in [0.5, 0.6) is 0 Å². The summed E-state index contributed by atoms with van der Waals surface area (Å²) in [6, 6.07) is 0. The average molecular weight is 151 g/mol. The highest BCUT2D eigenvalue weighted by Gasteiger charge is 1.98. The summed E-state index contributed by atoms with van der Waals surface area (Å²) in [6.45, 7) is 8.84. The molecule has 0 aromatic rings. The molecule has 0 radical (unpaired) electrons. The number of aliphatic imine (C=N–C) groups is 1. The second-order valence-corrected chi connectivity index (χ2v) is 1.80. The summed E-state index contributed by atoms with van der Waals surface area (Å²) < 4.78 is 5.02. The van der Waals surface area contributed by atoms with Gasteiger partial charge in [0.15, 0.2) is 0 Å². The molecular weight excluding hydrogens is 138 g/mol. The lowest BCUT2D eigenvalue weighted by atomic mass is 10.3. The topological polar surface area (TPSA) is 21.6 Å². The molecule has 0 spiro atoms. The maximum Gasteiger partial charge on any atom is 0.140 e. The van der Waals surface area contributed by atoms with E-state index in [0.29, 0.717) is 11.5 Å². The molecular formula is C9H13NO. The van der Waals surface area contributed by atoms with Crippen LogP contribution < -0.4 is 0 Å². The summed E-state index contributed by atoms with van der Waals surface area (Å²) in [6.07, 6.45) is 5.21. The van der Waals surface area contributed by atoms with Gasteiger partial charge in [-0.1, -0.05) is 12.7 Å². The Labute approximate surface area is 67.6 Å². The van der Waals surface area contributed by atoms with Crippen LogP contribution in [0, 0.1) is 0 Å². The van der Waals surface area contributed by atoms with E-state index in [1.54, 1.807) is 19.3 Å². The van der Waals surface area contributed by atoms with Gasteiger partial charge in [-0.05, 0) is 25.8 Å². The van der Waals surface area contributed by atoms with E-state index in [0.717, 1.165) is 0 Å². The van der Waals surface area contributed by atoms with Gasteiger partial charge in [0.1, 0.15) is 11.5 Å². The van der Waals surface area contributed by atoms with Crippen LogP contribution in [0.2, 0.25) is 0 Å². The molecule has 0 aliphatic carbocycles. The van der Waals surface area contributed by atoms with Crippen molar-refractivity contribution >= 4 is 6.72 Å². The average Bonchev–Trinajstić information content (AvgIpc) is 2.05. The first-order valence-electron chi connectivity index (χ1n) is 3.30. The fourth-order valence-corrected chi connectivity index (χ4v) is 0.695. The molecule has 0 aliphatic rings. The first-order valence-corrected chi connectivity index (χ1v) is 3.30. The Bertz CT molecular complexity index is 202. The molecule has 11 heavy (non-hydrogen) atoms. The highest BCUT2D eigenvalue weighted by atomic mass is 16.5. The fraction of sp³-hybridized carbons (Fsp3) is 0.222. The summed E-state index contributed by atoms with van der Waals surface area (Å²) in [7, 11) is 1.59. The molecule has 0 amide bonds. The molecule has 0 atom stereocenters. The van der Waals surface area contributed by atoms with Gasteiger partial charge in [-0.25, -0.2) is 0 Å². The summed E-state index contributed by atoms with van der Waals surface area (Å²) in [4.78, 5) is 3.77. The zero-order chi connectivity index (χ0) is 8.69. The van der Waals surface area contributed by atoms with Crippen molar-refractivity contribution in [2.75, 3.05) is 7.11 Å². The van der Waals surface area contributed by atoms with Crippen molar-refractivity contribution in [2.45, 2.75) is 6.92 Å². The monoisotopic (exact) mass is 151 g/mol. The van der Waals surface area contributed by atoms with Crippen molar-refractivity contribution in [1.82, 2.24) is 0 Å². The van der Waals surface area contributed by atoms with E-state index in [1.807, 2.05) is 13.0 Å². The van der Waals surface area contributed by atoms with Crippen molar-refractivity contribution in [3.8, 4) is 0 Å². The van der Waals surface area contributed by atoms with Crippen molar-refractivity contribution in [3.05, 3.63) is 36.3 Å². The second kappa shape index (κ2) is 5.47. The number of ether oxygens (including phenoxy) is 1. The van der Waals surface area contributed by atoms with Crippen LogP contribution in [0.25, 0.3) is 0 Å². The first kappa shape index (κ1) is 9.69. The Hall–Kier alpha value is -1.31. The highest BCUT2D eigenvalue weighted by Crippen LogP contribution is 2.10. The molecule has 0 aliphatic heterocycles. The Morgan fingerprint density at radius 2 is 2.18 bits per heavy atom. The highest BCUT2D eigenvalue weighted by molar-refractivity contribution is 5.37. The van der Waals surface area contributed by atoms with E-state index in [9.17, 15) is 0 Å².